The van der Waals surface area contributed by atoms with Gasteiger partial charge in [0.1, 0.15) is 5.82 Å². The Balaban J connectivity index is 1.25. The van der Waals surface area contributed by atoms with E-state index in [2.05, 4.69) is 21.6 Å². The van der Waals surface area contributed by atoms with Crippen LogP contribution in [0, 0.1) is 0 Å². The third-order valence-corrected chi connectivity index (χ3v) is 4.93. The van der Waals surface area contributed by atoms with Crippen molar-refractivity contribution in [3.05, 3.63) is 71.4 Å². The minimum Gasteiger partial charge on any atom is -0.454 e. The van der Waals surface area contributed by atoms with Gasteiger partial charge in [-0.3, -0.25) is 4.79 Å². The summed E-state index contributed by atoms with van der Waals surface area (Å²) < 4.78 is 10.7. The second-order valence-corrected chi connectivity index (χ2v) is 6.68. The first-order chi connectivity index (χ1) is 13.8. The van der Waals surface area contributed by atoms with Gasteiger partial charge in [-0.15, -0.1) is 10.2 Å². The minimum absolute atomic E-state index is 0.125. The van der Waals surface area contributed by atoms with E-state index in [1.165, 1.54) is 5.56 Å². The smallest absolute Gasteiger partial charge is 0.278 e. The SMILES string of the molecule is O=C(c1ccc(NCc2ccc3c(c2)OCO3)nn1)N1CCc2ccccc21. The van der Waals surface area contributed by atoms with Crippen LogP contribution in [0.25, 0.3) is 0 Å². The zero-order chi connectivity index (χ0) is 18.9. The van der Waals surface area contributed by atoms with Gasteiger partial charge >= 0.3 is 0 Å². The van der Waals surface area contributed by atoms with Crippen LogP contribution in [-0.2, 0) is 13.0 Å². The first-order valence-electron chi connectivity index (χ1n) is 9.14. The summed E-state index contributed by atoms with van der Waals surface area (Å²) in [6.45, 7) is 1.50. The average molecular weight is 374 g/mol. The molecular weight excluding hydrogens is 356 g/mol. The van der Waals surface area contributed by atoms with Crippen molar-refractivity contribution in [3.8, 4) is 11.5 Å². The molecule has 0 radical (unpaired) electrons. The molecule has 0 bridgehead atoms. The average Bonchev–Trinajstić information content (AvgIpc) is 3.38. The van der Waals surface area contributed by atoms with Crippen LogP contribution in [0.5, 0.6) is 11.5 Å². The molecule has 0 atom stereocenters. The van der Waals surface area contributed by atoms with Gasteiger partial charge in [-0.25, -0.2) is 0 Å². The zero-order valence-corrected chi connectivity index (χ0v) is 15.1. The van der Waals surface area contributed by atoms with E-state index in [0.717, 1.165) is 29.2 Å². The summed E-state index contributed by atoms with van der Waals surface area (Å²) in [4.78, 5) is 14.5. The van der Waals surface area contributed by atoms with E-state index < -0.39 is 0 Å². The maximum atomic E-state index is 12.8. The summed E-state index contributed by atoms with van der Waals surface area (Å²) in [6.07, 6.45) is 0.866. The van der Waals surface area contributed by atoms with Gasteiger partial charge in [-0.1, -0.05) is 24.3 Å². The molecule has 0 saturated carbocycles. The molecule has 0 saturated heterocycles. The number of carbonyl (C=O) groups excluding carboxylic acids is 1. The largest absolute Gasteiger partial charge is 0.454 e. The van der Waals surface area contributed by atoms with Crippen molar-refractivity contribution in [2.24, 2.45) is 0 Å². The Hall–Kier alpha value is -3.61. The topological polar surface area (TPSA) is 76.6 Å². The molecule has 3 aromatic rings. The van der Waals surface area contributed by atoms with Crippen molar-refractivity contribution in [1.82, 2.24) is 10.2 Å². The molecule has 1 amide bonds. The molecule has 0 unspecified atom stereocenters. The molecule has 2 aliphatic rings. The number of amides is 1. The van der Waals surface area contributed by atoms with Crippen molar-refractivity contribution in [1.29, 1.82) is 0 Å². The fourth-order valence-electron chi connectivity index (χ4n) is 3.47. The number of hydrogen-bond donors (Lipinski definition) is 1. The lowest BCUT2D eigenvalue weighted by Gasteiger charge is -2.16. The Kier molecular flexibility index (Phi) is 4.05. The molecular formula is C21H18N4O3. The number of hydrogen-bond acceptors (Lipinski definition) is 6. The van der Waals surface area contributed by atoms with Gasteiger partial charge in [0.15, 0.2) is 17.2 Å². The second-order valence-electron chi connectivity index (χ2n) is 6.68. The number of anilines is 2. The molecule has 140 valence electrons. The molecule has 1 N–H and O–H groups in total. The van der Waals surface area contributed by atoms with E-state index in [1.807, 2.05) is 36.4 Å². The normalized spacial score (nSPS) is 14.1. The molecule has 7 heteroatoms. The lowest BCUT2D eigenvalue weighted by molar-refractivity contribution is 0.0983. The van der Waals surface area contributed by atoms with Gasteiger partial charge in [0.25, 0.3) is 5.91 Å². The Morgan fingerprint density at radius 1 is 1.04 bits per heavy atom. The van der Waals surface area contributed by atoms with Gasteiger partial charge in [-0.2, -0.15) is 0 Å². The Labute approximate surface area is 161 Å². The zero-order valence-electron chi connectivity index (χ0n) is 15.1. The highest BCUT2D eigenvalue weighted by molar-refractivity contribution is 6.06. The van der Waals surface area contributed by atoms with Gasteiger partial charge < -0.3 is 19.7 Å². The van der Waals surface area contributed by atoms with Crippen molar-refractivity contribution < 1.29 is 14.3 Å². The van der Waals surface area contributed by atoms with E-state index in [4.69, 9.17) is 9.47 Å². The molecule has 0 fully saturated rings. The summed E-state index contributed by atoms with van der Waals surface area (Å²) >= 11 is 0. The monoisotopic (exact) mass is 374 g/mol. The minimum atomic E-state index is -0.125. The summed E-state index contributed by atoms with van der Waals surface area (Å²) in [5, 5.41) is 11.5. The van der Waals surface area contributed by atoms with E-state index in [1.54, 1.807) is 17.0 Å². The highest BCUT2D eigenvalue weighted by Crippen LogP contribution is 2.32. The van der Waals surface area contributed by atoms with Crippen LogP contribution in [0.15, 0.2) is 54.6 Å². The predicted octanol–water partition coefficient (Wildman–Crippen LogP) is 3.02. The second kappa shape index (κ2) is 6.84. The van der Waals surface area contributed by atoms with Gasteiger partial charge in [0.2, 0.25) is 6.79 Å². The number of para-hydroxylation sites is 1. The van der Waals surface area contributed by atoms with Crippen LogP contribution in [0.4, 0.5) is 11.5 Å². The van der Waals surface area contributed by atoms with Crippen LogP contribution in [0.3, 0.4) is 0 Å². The number of rotatable bonds is 4. The summed E-state index contributed by atoms with van der Waals surface area (Å²) in [7, 11) is 0. The van der Waals surface area contributed by atoms with Gasteiger partial charge in [-0.05, 0) is 47.9 Å². The standard InChI is InChI=1S/C21H18N4O3/c26-21(25-10-9-15-3-1-2-4-17(15)25)16-6-8-20(24-23-16)22-12-14-5-7-18-19(11-14)28-13-27-18/h1-8,11H,9-10,12-13H2,(H,22,24). The maximum Gasteiger partial charge on any atom is 0.278 e. The first-order valence-corrected chi connectivity index (χ1v) is 9.14. The number of fused-ring (bicyclic) bond motifs is 2. The highest BCUT2D eigenvalue weighted by Gasteiger charge is 2.26. The van der Waals surface area contributed by atoms with Crippen LogP contribution < -0.4 is 19.7 Å². The fraction of sp³-hybridized carbons (Fsp3) is 0.190. The predicted molar refractivity (Wildman–Crippen MR) is 104 cm³/mol. The van der Waals surface area contributed by atoms with Crippen LogP contribution in [0.2, 0.25) is 0 Å². The molecule has 2 aliphatic heterocycles. The van der Waals surface area contributed by atoms with Crippen molar-refractivity contribution in [2.75, 3.05) is 23.6 Å². The number of benzene rings is 2. The number of aromatic nitrogens is 2. The maximum absolute atomic E-state index is 12.8. The van der Waals surface area contributed by atoms with E-state index in [-0.39, 0.29) is 12.7 Å². The van der Waals surface area contributed by atoms with E-state index in [9.17, 15) is 4.79 Å². The molecule has 28 heavy (non-hydrogen) atoms. The third kappa shape index (κ3) is 3.00. The molecule has 3 heterocycles. The Bertz CT molecular complexity index is 1040. The Morgan fingerprint density at radius 3 is 2.82 bits per heavy atom. The molecule has 5 rings (SSSR count). The third-order valence-electron chi connectivity index (χ3n) is 4.93. The van der Waals surface area contributed by atoms with Crippen molar-refractivity contribution in [3.63, 3.8) is 0 Å². The Morgan fingerprint density at radius 2 is 1.93 bits per heavy atom. The van der Waals surface area contributed by atoms with E-state index >= 15 is 0 Å². The molecule has 1 aromatic heterocycles. The molecule has 7 nitrogen and oxygen atoms in total. The summed E-state index contributed by atoms with van der Waals surface area (Å²) in [5.41, 5.74) is 3.52. The lowest BCUT2D eigenvalue weighted by atomic mass is 10.2. The first kappa shape index (κ1) is 16.6. The molecule has 2 aromatic carbocycles. The van der Waals surface area contributed by atoms with Crippen molar-refractivity contribution in [2.45, 2.75) is 13.0 Å². The number of carbonyl (C=O) groups is 1. The number of nitrogens with one attached hydrogen (secondary N) is 1. The molecule has 0 spiro atoms. The highest BCUT2D eigenvalue weighted by atomic mass is 16.7. The lowest BCUT2D eigenvalue weighted by Crippen LogP contribution is -2.29. The fourth-order valence-corrected chi connectivity index (χ4v) is 3.47. The summed E-state index contributed by atoms with van der Waals surface area (Å²) in [6, 6.07) is 17.2. The van der Waals surface area contributed by atoms with Gasteiger partial charge in [0.05, 0.1) is 0 Å². The summed E-state index contributed by atoms with van der Waals surface area (Å²) in [5.74, 6) is 1.99. The molecule has 0 aliphatic carbocycles. The van der Waals surface area contributed by atoms with Crippen molar-refractivity contribution >= 4 is 17.4 Å². The van der Waals surface area contributed by atoms with E-state index in [0.29, 0.717) is 24.6 Å². The quantitative estimate of drug-likeness (QED) is 0.757. The van der Waals surface area contributed by atoms with Gasteiger partial charge in [0, 0.05) is 18.8 Å². The van der Waals surface area contributed by atoms with Crippen LogP contribution >= 0.6 is 0 Å². The van der Waals surface area contributed by atoms with Crippen LogP contribution in [0.1, 0.15) is 21.6 Å². The number of nitrogens with zero attached hydrogens (tertiary/aromatic N) is 3. The number of ether oxygens (including phenoxy) is 2. The van der Waals surface area contributed by atoms with Crippen LogP contribution in [-0.4, -0.2) is 29.4 Å².